The van der Waals surface area contributed by atoms with Crippen molar-refractivity contribution in [3.05, 3.63) is 36.0 Å². The van der Waals surface area contributed by atoms with Gasteiger partial charge in [0.1, 0.15) is 0 Å². The molecule has 1 amide bonds. The van der Waals surface area contributed by atoms with Crippen molar-refractivity contribution < 1.29 is 4.79 Å². The average molecular weight is 325 g/mol. The Labute approximate surface area is 144 Å². The Kier molecular flexibility index (Phi) is 4.09. The first kappa shape index (κ1) is 15.7. The van der Waals surface area contributed by atoms with Crippen LogP contribution in [0.5, 0.6) is 0 Å². The van der Waals surface area contributed by atoms with Gasteiger partial charge < -0.3 is 9.47 Å². The maximum atomic E-state index is 12.8. The van der Waals surface area contributed by atoms with Crippen molar-refractivity contribution in [3.63, 3.8) is 0 Å². The van der Waals surface area contributed by atoms with Gasteiger partial charge in [-0.05, 0) is 57.5 Å². The number of carbonyl (C=O) groups is 1. The number of fused-ring (bicyclic) bond motifs is 1. The van der Waals surface area contributed by atoms with E-state index in [1.54, 1.807) is 0 Å². The summed E-state index contributed by atoms with van der Waals surface area (Å²) < 4.78 is 2.21. The molecule has 128 valence electrons. The lowest BCUT2D eigenvalue weighted by Gasteiger charge is -2.49. The molecule has 2 fully saturated rings. The molecule has 0 unspecified atom stereocenters. The molecule has 0 spiro atoms. The number of carbonyl (C=O) groups excluding carboxylic acids is 1. The molecule has 0 aliphatic carbocycles. The van der Waals surface area contributed by atoms with Gasteiger partial charge in [0.2, 0.25) is 0 Å². The highest BCUT2D eigenvalue weighted by Gasteiger charge is 2.37. The third-order valence-electron chi connectivity index (χ3n) is 5.83. The number of hydrogen-bond donors (Lipinski definition) is 0. The van der Waals surface area contributed by atoms with Gasteiger partial charge in [-0.3, -0.25) is 9.69 Å². The first-order valence-electron chi connectivity index (χ1n) is 9.31. The molecule has 0 radical (unpaired) electrons. The van der Waals surface area contributed by atoms with Crippen LogP contribution < -0.4 is 0 Å². The van der Waals surface area contributed by atoms with E-state index >= 15 is 0 Å². The molecule has 4 heteroatoms. The number of benzene rings is 1. The Balaban J connectivity index is 1.43. The van der Waals surface area contributed by atoms with Crippen molar-refractivity contribution in [1.29, 1.82) is 0 Å². The molecule has 0 bridgehead atoms. The third kappa shape index (κ3) is 2.63. The molecule has 2 aromatic rings. The van der Waals surface area contributed by atoms with E-state index in [4.69, 9.17) is 0 Å². The van der Waals surface area contributed by atoms with Crippen LogP contribution in [-0.2, 0) is 6.54 Å². The Hall–Kier alpha value is -1.81. The summed E-state index contributed by atoms with van der Waals surface area (Å²) in [7, 11) is 0. The highest BCUT2D eigenvalue weighted by Crippen LogP contribution is 2.26. The van der Waals surface area contributed by atoms with Crippen molar-refractivity contribution in [2.24, 2.45) is 0 Å². The first-order chi connectivity index (χ1) is 11.7. The highest BCUT2D eigenvalue weighted by atomic mass is 16.2. The zero-order valence-electron chi connectivity index (χ0n) is 14.7. The normalized spacial score (nSPS) is 22.8. The fourth-order valence-electron chi connectivity index (χ4n) is 4.29. The summed E-state index contributed by atoms with van der Waals surface area (Å²) in [4.78, 5) is 17.4. The van der Waals surface area contributed by atoms with Gasteiger partial charge in [0.25, 0.3) is 5.91 Å². The van der Waals surface area contributed by atoms with E-state index in [0.29, 0.717) is 12.1 Å². The van der Waals surface area contributed by atoms with Crippen molar-refractivity contribution >= 4 is 16.8 Å². The van der Waals surface area contributed by atoms with Crippen LogP contribution >= 0.6 is 0 Å². The molecular formula is C20H27N3O. The summed E-state index contributed by atoms with van der Waals surface area (Å²) in [5.74, 6) is 0.182. The Morgan fingerprint density at radius 3 is 2.79 bits per heavy atom. The number of rotatable bonds is 3. The van der Waals surface area contributed by atoms with Gasteiger partial charge in [0, 0.05) is 54.4 Å². The van der Waals surface area contributed by atoms with Gasteiger partial charge in [-0.25, -0.2) is 0 Å². The Bertz CT molecular complexity index is 744. The van der Waals surface area contributed by atoms with Gasteiger partial charge in [-0.2, -0.15) is 0 Å². The zero-order valence-corrected chi connectivity index (χ0v) is 14.7. The summed E-state index contributed by atoms with van der Waals surface area (Å²) in [5.41, 5.74) is 2.03. The summed E-state index contributed by atoms with van der Waals surface area (Å²) in [5, 5.41) is 1.16. The van der Waals surface area contributed by atoms with Crippen LogP contribution in [-0.4, -0.2) is 52.0 Å². The number of aromatic nitrogens is 1. The molecule has 1 atom stereocenters. The van der Waals surface area contributed by atoms with Crippen LogP contribution in [0.1, 0.15) is 43.5 Å². The van der Waals surface area contributed by atoms with E-state index in [9.17, 15) is 4.79 Å². The summed E-state index contributed by atoms with van der Waals surface area (Å²) in [6, 6.07) is 9.44. The molecule has 0 N–H and O–H groups in total. The van der Waals surface area contributed by atoms with E-state index < -0.39 is 0 Å². The van der Waals surface area contributed by atoms with Gasteiger partial charge in [-0.15, -0.1) is 0 Å². The van der Waals surface area contributed by atoms with E-state index in [-0.39, 0.29) is 5.91 Å². The minimum Gasteiger partial charge on any atom is -0.348 e. The average Bonchev–Trinajstić information content (AvgIpc) is 2.97. The fourth-order valence-corrected chi connectivity index (χ4v) is 4.29. The molecule has 1 aromatic heterocycles. The van der Waals surface area contributed by atoms with Crippen molar-refractivity contribution in [1.82, 2.24) is 14.4 Å². The number of hydrogen-bond acceptors (Lipinski definition) is 2. The second-order valence-electron chi connectivity index (χ2n) is 7.32. The molecule has 2 aliphatic rings. The maximum absolute atomic E-state index is 12.8. The zero-order chi connectivity index (χ0) is 16.7. The van der Waals surface area contributed by atoms with Crippen LogP contribution in [0.3, 0.4) is 0 Å². The van der Waals surface area contributed by atoms with E-state index in [2.05, 4.69) is 41.6 Å². The predicted octanol–water partition coefficient (Wildman–Crippen LogP) is 3.36. The quantitative estimate of drug-likeness (QED) is 0.866. The van der Waals surface area contributed by atoms with Crippen LogP contribution in [0, 0.1) is 0 Å². The molecule has 1 aromatic carbocycles. The maximum Gasteiger partial charge on any atom is 0.253 e. The van der Waals surface area contributed by atoms with Crippen LogP contribution in [0.25, 0.3) is 10.9 Å². The second kappa shape index (κ2) is 6.25. The van der Waals surface area contributed by atoms with Crippen LogP contribution in [0.15, 0.2) is 30.5 Å². The van der Waals surface area contributed by atoms with Crippen molar-refractivity contribution in [3.8, 4) is 0 Å². The second-order valence-corrected chi connectivity index (χ2v) is 7.32. The van der Waals surface area contributed by atoms with Crippen LogP contribution in [0.4, 0.5) is 0 Å². The lowest BCUT2D eigenvalue weighted by atomic mass is 9.97. The monoisotopic (exact) mass is 325 g/mol. The standard InChI is InChI=1S/C20H27N3O/c1-3-21-11-9-16-12-17(7-8-19(16)21)20(24)22-13-18(14-22)23-10-5-4-6-15(23)2/h7-9,11-12,15,18H,3-6,10,13-14H2,1-2H3/t15-/m0/s1. The van der Waals surface area contributed by atoms with Gasteiger partial charge in [-0.1, -0.05) is 6.42 Å². The highest BCUT2D eigenvalue weighted by molar-refractivity contribution is 5.98. The molecule has 4 rings (SSSR count). The van der Waals surface area contributed by atoms with Gasteiger partial charge in [0.05, 0.1) is 0 Å². The Morgan fingerprint density at radius 1 is 1.21 bits per heavy atom. The van der Waals surface area contributed by atoms with E-state index in [1.165, 1.54) is 31.3 Å². The minimum atomic E-state index is 0.182. The SMILES string of the molecule is CCn1ccc2cc(C(=O)N3CC(N4CCCC[C@@H]4C)C3)ccc21. The number of nitrogens with zero attached hydrogens (tertiary/aromatic N) is 3. The largest absolute Gasteiger partial charge is 0.348 e. The first-order valence-corrected chi connectivity index (χ1v) is 9.31. The Morgan fingerprint density at radius 2 is 2.04 bits per heavy atom. The van der Waals surface area contributed by atoms with Gasteiger partial charge >= 0.3 is 0 Å². The number of aryl methyl sites for hydroxylation is 1. The number of piperidine rings is 1. The molecule has 2 aliphatic heterocycles. The van der Waals surface area contributed by atoms with E-state index in [0.717, 1.165) is 30.6 Å². The lowest BCUT2D eigenvalue weighted by Crippen LogP contribution is -2.63. The van der Waals surface area contributed by atoms with Gasteiger partial charge in [0.15, 0.2) is 0 Å². The van der Waals surface area contributed by atoms with E-state index in [1.807, 2.05) is 17.0 Å². The topological polar surface area (TPSA) is 28.5 Å². The molecule has 24 heavy (non-hydrogen) atoms. The summed E-state index contributed by atoms with van der Waals surface area (Å²) in [6.07, 6.45) is 6.05. The van der Waals surface area contributed by atoms with Crippen molar-refractivity contribution in [2.75, 3.05) is 19.6 Å². The number of likely N-dealkylation sites (tertiary alicyclic amines) is 2. The number of amides is 1. The molecule has 0 saturated carbocycles. The predicted molar refractivity (Wildman–Crippen MR) is 97.3 cm³/mol. The smallest absolute Gasteiger partial charge is 0.253 e. The third-order valence-corrected chi connectivity index (χ3v) is 5.83. The fraction of sp³-hybridized carbons (Fsp3) is 0.550. The summed E-state index contributed by atoms with van der Waals surface area (Å²) >= 11 is 0. The molecular weight excluding hydrogens is 298 g/mol. The van der Waals surface area contributed by atoms with Crippen molar-refractivity contribution in [2.45, 2.75) is 51.7 Å². The molecule has 2 saturated heterocycles. The lowest BCUT2D eigenvalue weighted by molar-refractivity contribution is 0.00214. The minimum absolute atomic E-state index is 0.182. The molecule has 3 heterocycles. The summed E-state index contributed by atoms with van der Waals surface area (Å²) in [6.45, 7) is 8.40. The molecule has 4 nitrogen and oxygen atoms in total. The van der Waals surface area contributed by atoms with Crippen LogP contribution in [0.2, 0.25) is 0 Å².